The number of amides is 2. The van der Waals surface area contributed by atoms with Crippen LogP contribution < -0.4 is 0 Å². The van der Waals surface area contributed by atoms with Crippen molar-refractivity contribution in [2.75, 3.05) is 6.61 Å². The maximum Gasteiger partial charge on any atom is 0.411 e. The first-order valence-corrected chi connectivity index (χ1v) is 8.93. The van der Waals surface area contributed by atoms with Crippen molar-refractivity contribution in [3.63, 3.8) is 0 Å². The second-order valence-electron chi connectivity index (χ2n) is 6.86. The Balaban J connectivity index is 1.61. The van der Waals surface area contributed by atoms with Gasteiger partial charge in [-0.25, -0.2) is 4.79 Å². The largest absolute Gasteiger partial charge is 0.447 e. The molecule has 2 aromatic carbocycles. The zero-order valence-corrected chi connectivity index (χ0v) is 14.9. The summed E-state index contributed by atoms with van der Waals surface area (Å²) in [5.41, 5.74) is 1.83. The summed E-state index contributed by atoms with van der Waals surface area (Å²) in [7, 11) is 0. The first kappa shape index (κ1) is 17.3. The highest BCUT2D eigenvalue weighted by Gasteiger charge is 2.57. The van der Waals surface area contributed by atoms with E-state index in [0.29, 0.717) is 6.54 Å². The van der Waals surface area contributed by atoms with Gasteiger partial charge in [0.15, 0.2) is 5.78 Å². The van der Waals surface area contributed by atoms with Crippen LogP contribution in [0.4, 0.5) is 4.79 Å². The second-order valence-corrected chi connectivity index (χ2v) is 6.86. The predicted molar refractivity (Wildman–Crippen MR) is 97.6 cm³/mol. The van der Waals surface area contributed by atoms with Crippen molar-refractivity contribution < 1.29 is 19.1 Å². The summed E-state index contributed by atoms with van der Waals surface area (Å²) in [4.78, 5) is 40.6. The standard InChI is InChI=1S/C21H20N2O4/c1-14(24)18-19(20(25)22(18)12-15-8-4-2-5-9-15)23-17(13-27-21(23)26)16-10-6-3-7-11-16/h2-11,17-19H,12-13H2,1H3/t17-,18+,19-/m1/s1. The zero-order chi connectivity index (χ0) is 19.0. The number of hydrogen-bond acceptors (Lipinski definition) is 4. The van der Waals surface area contributed by atoms with Crippen LogP contribution in [-0.2, 0) is 20.9 Å². The summed E-state index contributed by atoms with van der Waals surface area (Å²) >= 11 is 0. The number of Topliss-reactive ketones (excluding diaryl/α,β-unsaturated/α-hetero) is 1. The Morgan fingerprint density at radius 3 is 2.30 bits per heavy atom. The molecule has 0 unspecified atom stereocenters. The summed E-state index contributed by atoms with van der Waals surface area (Å²) in [6.07, 6.45) is -0.548. The van der Waals surface area contributed by atoms with Crippen molar-refractivity contribution in [3.8, 4) is 0 Å². The molecule has 4 rings (SSSR count). The van der Waals surface area contributed by atoms with Gasteiger partial charge in [-0.05, 0) is 18.1 Å². The maximum atomic E-state index is 12.9. The van der Waals surface area contributed by atoms with Gasteiger partial charge in [-0.1, -0.05) is 60.7 Å². The van der Waals surface area contributed by atoms with E-state index in [4.69, 9.17) is 4.74 Å². The molecular formula is C21H20N2O4. The van der Waals surface area contributed by atoms with E-state index in [0.717, 1.165) is 11.1 Å². The van der Waals surface area contributed by atoms with Crippen LogP contribution in [0.2, 0.25) is 0 Å². The molecule has 27 heavy (non-hydrogen) atoms. The Bertz CT molecular complexity index is 868. The SMILES string of the molecule is CC(=O)[C@H]1[C@@H](N2C(=O)OC[C@@H]2c2ccccc2)C(=O)N1Cc1ccccc1. The van der Waals surface area contributed by atoms with Crippen LogP contribution in [0, 0.1) is 0 Å². The van der Waals surface area contributed by atoms with E-state index in [9.17, 15) is 14.4 Å². The van der Waals surface area contributed by atoms with Gasteiger partial charge in [-0.3, -0.25) is 14.5 Å². The fraction of sp³-hybridized carbons (Fsp3) is 0.286. The van der Waals surface area contributed by atoms with Crippen LogP contribution in [0.3, 0.4) is 0 Å². The third-order valence-corrected chi connectivity index (χ3v) is 5.18. The number of carbonyl (C=O) groups is 3. The Kier molecular flexibility index (Phi) is 4.39. The highest BCUT2D eigenvalue weighted by atomic mass is 16.6. The molecule has 6 nitrogen and oxygen atoms in total. The molecule has 0 aliphatic carbocycles. The maximum absolute atomic E-state index is 12.9. The van der Waals surface area contributed by atoms with E-state index in [1.54, 1.807) is 0 Å². The minimum Gasteiger partial charge on any atom is -0.447 e. The number of ether oxygens (including phenoxy) is 1. The normalized spacial score (nSPS) is 24.6. The Morgan fingerprint density at radius 1 is 1.04 bits per heavy atom. The van der Waals surface area contributed by atoms with Crippen molar-refractivity contribution in [3.05, 3.63) is 71.8 Å². The van der Waals surface area contributed by atoms with Gasteiger partial charge >= 0.3 is 6.09 Å². The van der Waals surface area contributed by atoms with E-state index in [2.05, 4.69) is 0 Å². The minimum absolute atomic E-state index is 0.137. The number of ketones is 1. The third-order valence-electron chi connectivity index (χ3n) is 5.18. The summed E-state index contributed by atoms with van der Waals surface area (Å²) < 4.78 is 5.22. The van der Waals surface area contributed by atoms with Crippen LogP contribution in [-0.4, -0.2) is 46.3 Å². The van der Waals surface area contributed by atoms with Gasteiger partial charge in [-0.2, -0.15) is 0 Å². The molecule has 2 aliphatic rings. The molecule has 2 aromatic rings. The molecule has 0 N–H and O–H groups in total. The smallest absolute Gasteiger partial charge is 0.411 e. The molecule has 2 heterocycles. The van der Waals surface area contributed by atoms with Crippen LogP contribution in [0.5, 0.6) is 0 Å². The molecular weight excluding hydrogens is 344 g/mol. The van der Waals surface area contributed by atoms with Gasteiger partial charge in [0.1, 0.15) is 18.7 Å². The molecule has 2 fully saturated rings. The molecule has 0 spiro atoms. The molecule has 2 aliphatic heterocycles. The minimum atomic E-state index is -0.814. The average Bonchev–Trinajstić information content (AvgIpc) is 3.06. The summed E-state index contributed by atoms with van der Waals surface area (Å²) in [6, 6.07) is 17.1. The molecule has 2 amide bonds. The number of benzene rings is 2. The van der Waals surface area contributed by atoms with Crippen LogP contribution in [0.25, 0.3) is 0 Å². The van der Waals surface area contributed by atoms with Gasteiger partial charge in [0.05, 0.1) is 6.04 Å². The lowest BCUT2D eigenvalue weighted by atomic mass is 9.88. The van der Waals surface area contributed by atoms with Gasteiger partial charge < -0.3 is 9.64 Å². The second kappa shape index (κ2) is 6.87. The number of nitrogens with zero attached hydrogens (tertiary/aromatic N) is 2. The van der Waals surface area contributed by atoms with Crippen LogP contribution in [0.1, 0.15) is 24.1 Å². The molecule has 3 atom stereocenters. The zero-order valence-electron chi connectivity index (χ0n) is 14.9. The summed E-state index contributed by atoms with van der Waals surface area (Å²) in [6.45, 7) is 1.98. The number of β-lactam (4-membered cyclic amide) rings is 1. The molecule has 0 bridgehead atoms. The van der Waals surface area contributed by atoms with Crippen LogP contribution >= 0.6 is 0 Å². The molecule has 0 radical (unpaired) electrons. The molecule has 138 valence electrons. The number of hydrogen-bond donors (Lipinski definition) is 0. The molecule has 2 saturated heterocycles. The van der Waals surface area contributed by atoms with E-state index >= 15 is 0 Å². The quantitative estimate of drug-likeness (QED) is 0.765. The number of likely N-dealkylation sites (tertiary alicyclic amines) is 1. The molecule has 6 heteroatoms. The monoisotopic (exact) mass is 364 g/mol. The van der Waals surface area contributed by atoms with Gasteiger partial charge in [0.2, 0.25) is 5.91 Å². The molecule has 0 aromatic heterocycles. The Morgan fingerprint density at radius 2 is 1.67 bits per heavy atom. The first-order valence-electron chi connectivity index (χ1n) is 8.93. The van der Waals surface area contributed by atoms with Crippen molar-refractivity contribution >= 4 is 17.8 Å². The van der Waals surface area contributed by atoms with Gasteiger partial charge in [0, 0.05) is 6.54 Å². The van der Waals surface area contributed by atoms with Crippen molar-refractivity contribution in [2.24, 2.45) is 0 Å². The molecule has 0 saturated carbocycles. The fourth-order valence-corrected chi connectivity index (χ4v) is 3.87. The number of rotatable bonds is 5. The van der Waals surface area contributed by atoms with Gasteiger partial charge in [0.25, 0.3) is 0 Å². The van der Waals surface area contributed by atoms with Crippen molar-refractivity contribution in [1.82, 2.24) is 9.80 Å². The van der Waals surface area contributed by atoms with E-state index in [-0.39, 0.29) is 24.3 Å². The average molecular weight is 364 g/mol. The lowest BCUT2D eigenvalue weighted by Gasteiger charge is -2.49. The van der Waals surface area contributed by atoms with E-state index in [1.807, 2.05) is 60.7 Å². The fourth-order valence-electron chi connectivity index (χ4n) is 3.87. The lowest BCUT2D eigenvalue weighted by Crippen LogP contribution is -2.72. The van der Waals surface area contributed by atoms with Crippen molar-refractivity contribution in [1.29, 1.82) is 0 Å². The van der Waals surface area contributed by atoms with Crippen molar-refractivity contribution in [2.45, 2.75) is 31.6 Å². The Labute approximate surface area is 157 Å². The summed E-state index contributed by atoms with van der Waals surface area (Å²) in [5, 5.41) is 0. The lowest BCUT2D eigenvalue weighted by molar-refractivity contribution is -0.164. The van der Waals surface area contributed by atoms with Gasteiger partial charge in [-0.15, -0.1) is 0 Å². The number of cyclic esters (lactones) is 1. The third kappa shape index (κ3) is 2.97. The first-order chi connectivity index (χ1) is 13.1. The highest BCUT2D eigenvalue weighted by Crippen LogP contribution is 2.37. The topological polar surface area (TPSA) is 66.9 Å². The van der Waals surface area contributed by atoms with E-state index < -0.39 is 18.2 Å². The number of carbonyl (C=O) groups excluding carboxylic acids is 3. The summed E-state index contributed by atoms with van der Waals surface area (Å²) in [5.74, 6) is -0.360. The Hall–Kier alpha value is -3.15. The van der Waals surface area contributed by atoms with E-state index in [1.165, 1.54) is 16.7 Å². The highest BCUT2D eigenvalue weighted by molar-refractivity contribution is 6.03. The van der Waals surface area contributed by atoms with Crippen LogP contribution in [0.15, 0.2) is 60.7 Å². The predicted octanol–water partition coefficient (Wildman–Crippen LogP) is 2.55.